The maximum Gasteiger partial charge on any atom is 3.00 e. The van der Waals surface area contributed by atoms with Crippen molar-refractivity contribution in [3.8, 4) is 0 Å². The van der Waals surface area contributed by atoms with E-state index in [1.165, 1.54) is 5.57 Å². The van der Waals surface area contributed by atoms with Gasteiger partial charge in [0.2, 0.25) is 0 Å². The summed E-state index contributed by atoms with van der Waals surface area (Å²) in [7, 11) is 0. The third kappa shape index (κ3) is 6.58. The minimum atomic E-state index is 0. The van der Waals surface area contributed by atoms with Gasteiger partial charge in [-0.15, -0.1) is 13.3 Å². The van der Waals surface area contributed by atoms with Gasteiger partial charge in [-0.25, -0.2) is 11.6 Å². The summed E-state index contributed by atoms with van der Waals surface area (Å²) < 4.78 is 0. The Morgan fingerprint density at radius 1 is 1.75 bits per heavy atom. The van der Waals surface area contributed by atoms with Crippen LogP contribution in [0.25, 0.3) is 0 Å². The van der Waals surface area contributed by atoms with Crippen molar-refractivity contribution in [3.05, 3.63) is 24.3 Å². The standard InChI is InChI=1S/C7H11.Y/c1-4-6-7(3)5-2;/h6H,1,5H2,2-3H3;/q-1;+3/b7-6+;. The Hall–Kier alpha value is 0.584. The molecule has 0 nitrogen and oxygen atoms in total. The molecule has 0 atom stereocenters. The average molecular weight is 184 g/mol. The monoisotopic (exact) mass is 184 g/mol. The summed E-state index contributed by atoms with van der Waals surface area (Å²) in [6, 6.07) is 0. The number of hydrogen-bond donors (Lipinski definition) is 0. The summed E-state index contributed by atoms with van der Waals surface area (Å²) in [4.78, 5) is 0. The van der Waals surface area contributed by atoms with E-state index in [0.29, 0.717) is 0 Å². The van der Waals surface area contributed by atoms with Gasteiger partial charge in [0.05, 0.1) is 0 Å². The molecular weight excluding hydrogens is 173 g/mol. The fraction of sp³-hybridized carbons (Fsp3) is 0.429. The summed E-state index contributed by atoms with van der Waals surface area (Å²) in [6.45, 7) is 7.63. The van der Waals surface area contributed by atoms with Crippen molar-refractivity contribution in [2.45, 2.75) is 20.3 Å². The average Bonchev–Trinajstić information content (AvgIpc) is 1.68. The number of allylic oxidation sites excluding steroid dienone is 3. The Morgan fingerprint density at radius 2 is 2.25 bits per heavy atom. The van der Waals surface area contributed by atoms with E-state index in [9.17, 15) is 0 Å². The zero-order valence-corrected chi connectivity index (χ0v) is 8.41. The summed E-state index contributed by atoms with van der Waals surface area (Å²) in [6.07, 6.45) is 5.71. The Labute approximate surface area is 76.9 Å². The molecule has 0 fully saturated rings. The summed E-state index contributed by atoms with van der Waals surface area (Å²) in [5.41, 5.74) is 1.33. The van der Waals surface area contributed by atoms with E-state index in [1.807, 2.05) is 6.08 Å². The Bertz CT molecular complexity index is 82.4. The van der Waals surface area contributed by atoms with Crippen LogP contribution < -0.4 is 0 Å². The van der Waals surface area contributed by atoms with Crippen LogP contribution in [0.3, 0.4) is 0 Å². The maximum atomic E-state index is 3.45. The first-order valence-corrected chi connectivity index (χ1v) is 2.49. The van der Waals surface area contributed by atoms with E-state index in [0.717, 1.165) is 6.42 Å². The molecule has 0 rings (SSSR count). The SMILES string of the molecule is C=[C-]/C=C(\C)CC.[Y+3]. The van der Waals surface area contributed by atoms with Crippen molar-refractivity contribution in [3.63, 3.8) is 0 Å². The summed E-state index contributed by atoms with van der Waals surface area (Å²) in [5.74, 6) is 0. The molecule has 0 aromatic heterocycles. The van der Waals surface area contributed by atoms with Crippen LogP contribution in [0.1, 0.15) is 20.3 Å². The molecule has 0 saturated carbocycles. The van der Waals surface area contributed by atoms with Crippen molar-refractivity contribution in [2.24, 2.45) is 0 Å². The van der Waals surface area contributed by atoms with E-state index in [4.69, 9.17) is 0 Å². The number of rotatable bonds is 2. The van der Waals surface area contributed by atoms with Gasteiger partial charge in [0, 0.05) is 0 Å². The molecule has 0 heterocycles. The van der Waals surface area contributed by atoms with Gasteiger partial charge in [0.25, 0.3) is 0 Å². The van der Waals surface area contributed by atoms with Crippen LogP contribution in [0.2, 0.25) is 0 Å². The molecule has 0 aliphatic rings. The maximum absolute atomic E-state index is 3.45. The van der Waals surface area contributed by atoms with Gasteiger partial charge in [-0.2, -0.15) is 6.58 Å². The van der Waals surface area contributed by atoms with Crippen LogP contribution in [-0.4, -0.2) is 0 Å². The van der Waals surface area contributed by atoms with Crippen molar-refractivity contribution in [2.75, 3.05) is 0 Å². The van der Waals surface area contributed by atoms with Crippen LogP contribution >= 0.6 is 0 Å². The minimum absolute atomic E-state index is 0. The summed E-state index contributed by atoms with van der Waals surface area (Å²) >= 11 is 0. The van der Waals surface area contributed by atoms with Gasteiger partial charge >= 0.3 is 32.7 Å². The Morgan fingerprint density at radius 3 is 2.38 bits per heavy atom. The molecule has 0 unspecified atom stereocenters. The second-order valence-corrected chi connectivity index (χ2v) is 1.55. The molecule has 0 saturated heterocycles. The normalized spacial score (nSPS) is 10.0. The van der Waals surface area contributed by atoms with E-state index in [-0.39, 0.29) is 32.7 Å². The zero-order chi connectivity index (χ0) is 5.70. The van der Waals surface area contributed by atoms with Crippen LogP contribution in [0.5, 0.6) is 0 Å². The van der Waals surface area contributed by atoms with E-state index < -0.39 is 0 Å². The Kier molecular flexibility index (Phi) is 10.8. The predicted molar refractivity (Wildman–Crippen MR) is 32.9 cm³/mol. The zero-order valence-electron chi connectivity index (χ0n) is 5.57. The molecular formula is C7H11Y+2. The van der Waals surface area contributed by atoms with Gasteiger partial charge in [0.15, 0.2) is 0 Å². The first kappa shape index (κ1) is 11.4. The van der Waals surface area contributed by atoms with Crippen molar-refractivity contribution in [1.82, 2.24) is 0 Å². The van der Waals surface area contributed by atoms with Gasteiger partial charge in [0.1, 0.15) is 0 Å². The third-order valence-corrected chi connectivity index (χ3v) is 0.906. The molecule has 0 amide bonds. The molecule has 8 heavy (non-hydrogen) atoms. The van der Waals surface area contributed by atoms with Gasteiger partial charge in [-0.05, 0) is 0 Å². The first-order chi connectivity index (χ1) is 3.31. The molecule has 0 radical (unpaired) electrons. The third-order valence-electron chi connectivity index (χ3n) is 0.906. The molecule has 0 N–H and O–H groups in total. The molecule has 1 heteroatoms. The molecule has 0 bridgehead atoms. The fourth-order valence-corrected chi connectivity index (χ4v) is 0.276. The van der Waals surface area contributed by atoms with Crippen molar-refractivity contribution < 1.29 is 32.7 Å². The smallest absolute Gasteiger partial charge is 0.258 e. The first-order valence-electron chi connectivity index (χ1n) is 2.49. The molecule has 0 aliphatic heterocycles. The second-order valence-electron chi connectivity index (χ2n) is 1.55. The second kappa shape index (κ2) is 7.58. The van der Waals surface area contributed by atoms with Crippen molar-refractivity contribution >= 4 is 0 Å². The van der Waals surface area contributed by atoms with Crippen LogP contribution in [-0.2, 0) is 32.7 Å². The molecule has 0 aromatic rings. The minimum Gasteiger partial charge on any atom is -0.258 e. The number of hydrogen-bond acceptors (Lipinski definition) is 0. The van der Waals surface area contributed by atoms with Gasteiger partial charge < -0.3 is 0 Å². The van der Waals surface area contributed by atoms with Gasteiger partial charge in [-0.3, -0.25) is 6.08 Å². The quantitative estimate of drug-likeness (QED) is 0.456. The van der Waals surface area contributed by atoms with Crippen LogP contribution in [0.15, 0.2) is 18.2 Å². The molecule has 0 aromatic carbocycles. The summed E-state index contributed by atoms with van der Waals surface area (Å²) in [5, 5.41) is 0. The molecule has 0 spiro atoms. The van der Waals surface area contributed by atoms with Gasteiger partial charge in [-0.1, -0.05) is 6.92 Å². The largest absolute Gasteiger partial charge is 3.00 e. The predicted octanol–water partition coefficient (Wildman–Crippen LogP) is 2.33. The Balaban J connectivity index is 0. The van der Waals surface area contributed by atoms with Crippen molar-refractivity contribution in [1.29, 1.82) is 0 Å². The molecule has 0 aliphatic carbocycles. The van der Waals surface area contributed by atoms with Crippen LogP contribution in [0.4, 0.5) is 0 Å². The van der Waals surface area contributed by atoms with Crippen LogP contribution in [0, 0.1) is 6.08 Å². The topological polar surface area (TPSA) is 0 Å². The van der Waals surface area contributed by atoms with E-state index >= 15 is 0 Å². The fourth-order valence-electron chi connectivity index (χ4n) is 0.276. The van der Waals surface area contributed by atoms with E-state index in [2.05, 4.69) is 26.5 Å². The van der Waals surface area contributed by atoms with E-state index in [1.54, 1.807) is 0 Å². The molecule has 40 valence electrons.